The van der Waals surface area contributed by atoms with Crippen LogP contribution in [0.3, 0.4) is 0 Å². The zero-order valence-corrected chi connectivity index (χ0v) is 25.2. The summed E-state index contributed by atoms with van der Waals surface area (Å²) in [6.07, 6.45) is 1.36. The van der Waals surface area contributed by atoms with Crippen molar-refractivity contribution in [2.24, 2.45) is 11.8 Å². The molecule has 13 nitrogen and oxygen atoms in total. The number of aromatic nitrogens is 1. The van der Waals surface area contributed by atoms with Crippen molar-refractivity contribution in [1.29, 1.82) is 0 Å². The van der Waals surface area contributed by atoms with Crippen LogP contribution in [0.2, 0.25) is 0 Å². The van der Waals surface area contributed by atoms with Gasteiger partial charge in [-0.05, 0) is 43.2 Å². The molecule has 3 rings (SSSR count). The number of rotatable bonds is 8. The minimum atomic E-state index is -1.31. The number of fused-ring (bicyclic) bond motifs is 1. The molecule has 0 radical (unpaired) electrons. The summed E-state index contributed by atoms with van der Waals surface area (Å²) in [5, 5.41) is 23.4. The Morgan fingerprint density at radius 3 is 2.05 bits per heavy atom. The van der Waals surface area contributed by atoms with Crippen molar-refractivity contribution >= 4 is 46.4 Å². The largest absolute Gasteiger partial charge is 0.481 e. The van der Waals surface area contributed by atoms with E-state index < -0.39 is 72.1 Å². The van der Waals surface area contributed by atoms with Gasteiger partial charge in [-0.2, -0.15) is 0 Å². The van der Waals surface area contributed by atoms with Crippen molar-refractivity contribution in [3.8, 4) is 0 Å². The molecule has 1 aromatic heterocycles. The third-order valence-corrected chi connectivity index (χ3v) is 7.35. The van der Waals surface area contributed by atoms with Gasteiger partial charge in [0, 0.05) is 29.9 Å². The van der Waals surface area contributed by atoms with Crippen LogP contribution in [-0.4, -0.2) is 75.8 Å². The van der Waals surface area contributed by atoms with Crippen LogP contribution < -0.4 is 26.6 Å². The number of nitrogens with one attached hydrogen (secondary N) is 6. The highest BCUT2D eigenvalue weighted by Crippen LogP contribution is 2.20. The molecule has 0 saturated carbocycles. The molecule has 1 aromatic carbocycles. The molecule has 2 heterocycles. The predicted octanol–water partition coefficient (Wildman–Crippen LogP) is 0.735. The maximum absolute atomic E-state index is 13.7. The molecule has 5 amide bonds. The Kier molecular flexibility index (Phi) is 11.3. The second kappa shape index (κ2) is 14.7. The maximum atomic E-state index is 13.7. The highest BCUT2D eigenvalue weighted by molar-refractivity contribution is 5.98. The number of carbonyl (C=O) groups is 6. The number of hydrogen-bond donors (Lipinski definition) is 7. The summed E-state index contributed by atoms with van der Waals surface area (Å²) in [7, 11) is 0. The van der Waals surface area contributed by atoms with Crippen LogP contribution in [-0.2, 0) is 35.2 Å². The standard InChI is InChI=1S/C30H42N6O7/c1-15(2)12-22-28(41)34-23(13-18-14-31-20-9-7-6-8-19(18)20)29(42)33-21(10-11-24(37)38)27(40)32-17(5)26(39)36-25(16(3)4)30(43)35-22/h6-9,14-17,21-23,25,31H,10-13H2,1-5H3,(H,32,40)(H,33,42)(H,34,41)(H,35,43)(H,36,39)(H,37,38)/t17-,21+,22-,23+,25+/m0/s1. The normalized spacial score (nSPS) is 24.4. The van der Waals surface area contributed by atoms with Crippen LogP contribution in [0.25, 0.3) is 10.9 Å². The lowest BCUT2D eigenvalue weighted by Gasteiger charge is -2.27. The molecule has 0 bridgehead atoms. The fourth-order valence-corrected chi connectivity index (χ4v) is 4.97. The van der Waals surface area contributed by atoms with E-state index in [2.05, 4.69) is 31.6 Å². The monoisotopic (exact) mass is 598 g/mol. The van der Waals surface area contributed by atoms with Gasteiger partial charge < -0.3 is 36.7 Å². The van der Waals surface area contributed by atoms with E-state index in [9.17, 15) is 33.9 Å². The van der Waals surface area contributed by atoms with Gasteiger partial charge in [0.2, 0.25) is 29.5 Å². The number of carboxylic acid groups (broad SMARTS) is 1. The van der Waals surface area contributed by atoms with Crippen molar-refractivity contribution in [2.45, 2.75) is 90.5 Å². The fraction of sp³-hybridized carbons (Fsp3) is 0.533. The van der Waals surface area contributed by atoms with E-state index in [4.69, 9.17) is 0 Å². The van der Waals surface area contributed by atoms with Gasteiger partial charge in [0.1, 0.15) is 30.2 Å². The third kappa shape index (κ3) is 9.03. The Bertz CT molecular complexity index is 1350. The molecule has 2 aromatic rings. The van der Waals surface area contributed by atoms with Crippen LogP contribution in [0.4, 0.5) is 0 Å². The van der Waals surface area contributed by atoms with Gasteiger partial charge in [-0.1, -0.05) is 45.9 Å². The lowest BCUT2D eigenvalue weighted by Crippen LogP contribution is -2.59. The van der Waals surface area contributed by atoms with Crippen molar-refractivity contribution in [2.75, 3.05) is 0 Å². The molecule has 1 fully saturated rings. The van der Waals surface area contributed by atoms with E-state index in [1.165, 1.54) is 6.92 Å². The lowest BCUT2D eigenvalue weighted by atomic mass is 9.98. The van der Waals surface area contributed by atoms with E-state index in [-0.39, 0.29) is 31.1 Å². The predicted molar refractivity (Wildman–Crippen MR) is 158 cm³/mol. The Balaban J connectivity index is 2.04. The summed E-state index contributed by atoms with van der Waals surface area (Å²) in [6.45, 7) is 8.67. The highest BCUT2D eigenvalue weighted by Gasteiger charge is 2.35. The van der Waals surface area contributed by atoms with Crippen LogP contribution in [0.15, 0.2) is 30.5 Å². The van der Waals surface area contributed by atoms with Gasteiger partial charge >= 0.3 is 5.97 Å². The highest BCUT2D eigenvalue weighted by atomic mass is 16.4. The first-order valence-corrected chi connectivity index (χ1v) is 14.5. The number of amides is 5. The van der Waals surface area contributed by atoms with Crippen LogP contribution in [0, 0.1) is 11.8 Å². The summed E-state index contributed by atoms with van der Waals surface area (Å²) >= 11 is 0. The molecule has 13 heteroatoms. The molecule has 7 N–H and O–H groups in total. The Labute approximate surface area is 250 Å². The molecule has 1 aliphatic rings. The zero-order valence-electron chi connectivity index (χ0n) is 25.2. The second-order valence-corrected chi connectivity index (χ2v) is 11.8. The van der Waals surface area contributed by atoms with Crippen LogP contribution in [0.5, 0.6) is 0 Å². The van der Waals surface area contributed by atoms with Gasteiger partial charge in [0.05, 0.1) is 0 Å². The number of H-pyrrole nitrogens is 1. The molecule has 234 valence electrons. The van der Waals surface area contributed by atoms with Gasteiger partial charge in [0.15, 0.2) is 0 Å². The summed E-state index contributed by atoms with van der Waals surface area (Å²) in [5.74, 6) is -4.85. The van der Waals surface area contributed by atoms with Crippen molar-refractivity contribution in [1.82, 2.24) is 31.6 Å². The molecule has 0 spiro atoms. The molecular weight excluding hydrogens is 556 g/mol. The lowest BCUT2D eigenvalue weighted by molar-refractivity contribution is -0.138. The molecule has 0 aliphatic carbocycles. The molecule has 5 atom stereocenters. The van der Waals surface area contributed by atoms with E-state index in [1.54, 1.807) is 20.0 Å². The Morgan fingerprint density at radius 2 is 1.40 bits per heavy atom. The first-order chi connectivity index (χ1) is 20.3. The molecule has 1 saturated heterocycles. The van der Waals surface area contributed by atoms with Crippen molar-refractivity contribution in [3.63, 3.8) is 0 Å². The van der Waals surface area contributed by atoms with E-state index in [0.717, 1.165) is 16.5 Å². The van der Waals surface area contributed by atoms with Gasteiger partial charge in [0.25, 0.3) is 0 Å². The van der Waals surface area contributed by atoms with Crippen molar-refractivity contribution in [3.05, 3.63) is 36.0 Å². The van der Waals surface area contributed by atoms with Crippen LogP contribution in [0.1, 0.15) is 59.4 Å². The number of aliphatic carboxylic acids is 1. The minimum absolute atomic E-state index is 0.00615. The summed E-state index contributed by atoms with van der Waals surface area (Å²) < 4.78 is 0. The van der Waals surface area contributed by atoms with Gasteiger partial charge in [-0.3, -0.25) is 28.8 Å². The summed E-state index contributed by atoms with van der Waals surface area (Å²) in [5.41, 5.74) is 1.56. The SMILES string of the molecule is CC(C)C[C@@H]1NC(=O)[C@@H](C(C)C)NC(=O)[C@H](C)NC(=O)[C@@H](CCC(=O)O)NC(=O)[C@@H](Cc2c[nH]c3ccccc23)NC1=O. The van der Waals surface area contributed by atoms with Crippen molar-refractivity contribution < 1.29 is 33.9 Å². The van der Waals surface area contributed by atoms with E-state index >= 15 is 0 Å². The number of carboxylic acids is 1. The minimum Gasteiger partial charge on any atom is -0.481 e. The maximum Gasteiger partial charge on any atom is 0.303 e. The van der Waals surface area contributed by atoms with Crippen LogP contribution >= 0.6 is 0 Å². The average Bonchev–Trinajstić information content (AvgIpc) is 3.34. The Hall–Kier alpha value is -4.42. The quantitative estimate of drug-likeness (QED) is 0.232. The van der Waals surface area contributed by atoms with E-state index in [0.29, 0.717) is 0 Å². The number of carbonyl (C=O) groups excluding carboxylic acids is 5. The molecule has 1 aliphatic heterocycles. The fourth-order valence-electron chi connectivity index (χ4n) is 4.97. The third-order valence-electron chi connectivity index (χ3n) is 7.35. The molecule has 0 unspecified atom stereocenters. The number of para-hydroxylation sites is 1. The second-order valence-electron chi connectivity index (χ2n) is 11.8. The average molecular weight is 599 g/mol. The smallest absolute Gasteiger partial charge is 0.303 e. The summed E-state index contributed by atoms with van der Waals surface area (Å²) in [6, 6.07) is 1.82. The van der Waals surface area contributed by atoms with E-state index in [1.807, 2.05) is 38.1 Å². The van der Waals surface area contributed by atoms with Gasteiger partial charge in [-0.15, -0.1) is 0 Å². The topological polar surface area (TPSA) is 199 Å². The Morgan fingerprint density at radius 1 is 0.791 bits per heavy atom. The van der Waals surface area contributed by atoms with Gasteiger partial charge in [-0.25, -0.2) is 0 Å². The number of hydrogen-bond acceptors (Lipinski definition) is 6. The summed E-state index contributed by atoms with van der Waals surface area (Å²) in [4.78, 5) is 81.4. The number of benzene rings is 1. The molecule has 43 heavy (non-hydrogen) atoms. The molecular formula is C30H42N6O7. The number of aromatic amines is 1. The first kappa shape index (κ1) is 33.1. The first-order valence-electron chi connectivity index (χ1n) is 14.5. The zero-order chi connectivity index (χ0) is 31.8.